The Hall–Kier alpha value is -2.49. The molecule has 0 spiro atoms. The van der Waals surface area contributed by atoms with E-state index in [0.717, 1.165) is 36.3 Å². The molecule has 4 rings (SSSR count). The highest BCUT2D eigenvalue weighted by Gasteiger charge is 2.29. The highest BCUT2D eigenvalue weighted by molar-refractivity contribution is 5.94. The van der Waals surface area contributed by atoms with Gasteiger partial charge in [0, 0.05) is 17.5 Å². The summed E-state index contributed by atoms with van der Waals surface area (Å²) in [6.45, 7) is 0. The van der Waals surface area contributed by atoms with E-state index in [1.54, 1.807) is 14.2 Å². The third-order valence-electron chi connectivity index (χ3n) is 7.17. The first-order chi connectivity index (χ1) is 15.2. The van der Waals surface area contributed by atoms with Crippen LogP contribution >= 0.6 is 0 Å². The van der Waals surface area contributed by atoms with Crippen LogP contribution < -0.4 is 14.8 Å². The second kappa shape index (κ2) is 10.2. The smallest absolute Gasteiger partial charge is 0.251 e. The Kier molecular flexibility index (Phi) is 7.16. The number of nitrogens with one attached hydrogen (secondary N) is 1. The fourth-order valence-corrected chi connectivity index (χ4v) is 5.38. The zero-order valence-electron chi connectivity index (χ0n) is 18.9. The number of amides is 1. The summed E-state index contributed by atoms with van der Waals surface area (Å²) in [5.41, 5.74) is 3.35. The molecular weight excluding hydrogens is 386 g/mol. The van der Waals surface area contributed by atoms with Gasteiger partial charge >= 0.3 is 0 Å². The molecule has 2 aliphatic carbocycles. The molecule has 166 valence electrons. The molecule has 0 saturated heterocycles. The summed E-state index contributed by atoms with van der Waals surface area (Å²) < 4.78 is 10.9. The van der Waals surface area contributed by atoms with Crippen molar-refractivity contribution < 1.29 is 14.3 Å². The van der Waals surface area contributed by atoms with E-state index in [-0.39, 0.29) is 11.9 Å². The molecule has 2 fully saturated rings. The van der Waals surface area contributed by atoms with Crippen LogP contribution in [0.25, 0.3) is 0 Å². The second-order valence-electron chi connectivity index (χ2n) is 9.04. The van der Waals surface area contributed by atoms with Crippen LogP contribution in [0.15, 0.2) is 42.5 Å². The summed E-state index contributed by atoms with van der Waals surface area (Å²) in [6.07, 6.45) is 11.0. The van der Waals surface area contributed by atoms with Crippen molar-refractivity contribution in [3.05, 3.63) is 59.2 Å². The highest BCUT2D eigenvalue weighted by Crippen LogP contribution is 2.38. The van der Waals surface area contributed by atoms with Gasteiger partial charge in [0.1, 0.15) is 0 Å². The number of benzene rings is 2. The SMILES string of the molecule is COc1ccc([C@H]2CCCC[C@H]2NC(=O)c2ccc(C3CCCCC3)cc2)cc1OC. The van der Waals surface area contributed by atoms with Gasteiger partial charge in [-0.15, -0.1) is 0 Å². The largest absolute Gasteiger partial charge is 0.493 e. The molecule has 4 heteroatoms. The summed E-state index contributed by atoms with van der Waals surface area (Å²) in [5, 5.41) is 3.34. The first kappa shape index (κ1) is 21.7. The van der Waals surface area contributed by atoms with Crippen LogP contribution in [0.3, 0.4) is 0 Å². The molecule has 0 radical (unpaired) electrons. The number of carbonyl (C=O) groups excluding carboxylic acids is 1. The highest BCUT2D eigenvalue weighted by atomic mass is 16.5. The lowest BCUT2D eigenvalue weighted by atomic mass is 9.79. The van der Waals surface area contributed by atoms with E-state index in [1.165, 1.54) is 49.7 Å². The first-order valence-corrected chi connectivity index (χ1v) is 11.8. The minimum absolute atomic E-state index is 0.0348. The average molecular weight is 422 g/mol. The van der Waals surface area contributed by atoms with Crippen LogP contribution in [0.4, 0.5) is 0 Å². The van der Waals surface area contributed by atoms with Gasteiger partial charge in [0.05, 0.1) is 14.2 Å². The van der Waals surface area contributed by atoms with Crippen molar-refractivity contribution in [2.24, 2.45) is 0 Å². The van der Waals surface area contributed by atoms with Gasteiger partial charge in [0.2, 0.25) is 0 Å². The molecule has 0 heterocycles. The lowest BCUT2D eigenvalue weighted by molar-refractivity contribution is 0.0920. The van der Waals surface area contributed by atoms with Gasteiger partial charge in [-0.05, 0) is 67.0 Å². The van der Waals surface area contributed by atoms with Crippen molar-refractivity contribution in [3.8, 4) is 11.5 Å². The van der Waals surface area contributed by atoms with Gasteiger partial charge in [0.25, 0.3) is 5.91 Å². The van der Waals surface area contributed by atoms with Gasteiger partial charge in [0.15, 0.2) is 11.5 Å². The molecule has 1 amide bonds. The fraction of sp³-hybridized carbons (Fsp3) is 0.519. The van der Waals surface area contributed by atoms with Crippen molar-refractivity contribution in [3.63, 3.8) is 0 Å². The Balaban J connectivity index is 1.46. The van der Waals surface area contributed by atoms with E-state index >= 15 is 0 Å². The maximum atomic E-state index is 13.0. The van der Waals surface area contributed by atoms with E-state index < -0.39 is 0 Å². The molecule has 0 aliphatic heterocycles. The van der Waals surface area contributed by atoms with E-state index in [9.17, 15) is 4.79 Å². The number of hydrogen-bond acceptors (Lipinski definition) is 3. The van der Waals surface area contributed by atoms with Crippen molar-refractivity contribution in [2.75, 3.05) is 14.2 Å². The third-order valence-corrected chi connectivity index (χ3v) is 7.17. The maximum Gasteiger partial charge on any atom is 0.251 e. The second-order valence-corrected chi connectivity index (χ2v) is 9.04. The van der Waals surface area contributed by atoms with Gasteiger partial charge in [-0.25, -0.2) is 0 Å². The number of methoxy groups -OCH3 is 2. The van der Waals surface area contributed by atoms with Crippen LogP contribution in [-0.4, -0.2) is 26.2 Å². The molecule has 2 aromatic carbocycles. The number of hydrogen-bond donors (Lipinski definition) is 1. The van der Waals surface area contributed by atoms with Crippen LogP contribution in [-0.2, 0) is 0 Å². The van der Waals surface area contributed by atoms with Crippen LogP contribution in [0.2, 0.25) is 0 Å². The summed E-state index contributed by atoms with van der Waals surface area (Å²) >= 11 is 0. The Morgan fingerprint density at radius 1 is 0.774 bits per heavy atom. The Labute approximate surface area is 186 Å². The molecular formula is C27H35NO3. The lowest BCUT2D eigenvalue weighted by Gasteiger charge is -2.33. The monoisotopic (exact) mass is 421 g/mol. The predicted molar refractivity (Wildman–Crippen MR) is 124 cm³/mol. The van der Waals surface area contributed by atoms with E-state index in [2.05, 4.69) is 29.6 Å². The van der Waals surface area contributed by atoms with Crippen LogP contribution in [0.5, 0.6) is 11.5 Å². The first-order valence-electron chi connectivity index (χ1n) is 11.8. The van der Waals surface area contributed by atoms with Gasteiger partial charge in [-0.1, -0.05) is 50.3 Å². The lowest BCUT2D eigenvalue weighted by Crippen LogP contribution is -2.41. The average Bonchev–Trinajstić information content (AvgIpc) is 2.84. The topological polar surface area (TPSA) is 47.6 Å². The van der Waals surface area contributed by atoms with Crippen LogP contribution in [0.1, 0.15) is 91.1 Å². The molecule has 2 aromatic rings. The number of ether oxygens (including phenoxy) is 2. The zero-order valence-corrected chi connectivity index (χ0v) is 18.9. The molecule has 4 nitrogen and oxygen atoms in total. The Morgan fingerprint density at radius 2 is 1.42 bits per heavy atom. The summed E-state index contributed by atoms with van der Waals surface area (Å²) in [5.74, 6) is 2.47. The van der Waals surface area contributed by atoms with E-state index in [4.69, 9.17) is 9.47 Å². The van der Waals surface area contributed by atoms with Crippen molar-refractivity contribution >= 4 is 5.91 Å². The van der Waals surface area contributed by atoms with Crippen molar-refractivity contribution in [2.45, 2.75) is 75.7 Å². The summed E-state index contributed by atoms with van der Waals surface area (Å²) in [6, 6.07) is 14.6. The number of rotatable bonds is 6. The van der Waals surface area contributed by atoms with Crippen molar-refractivity contribution in [1.82, 2.24) is 5.32 Å². The Morgan fingerprint density at radius 3 is 2.13 bits per heavy atom. The van der Waals surface area contributed by atoms with Crippen molar-refractivity contribution in [1.29, 1.82) is 0 Å². The van der Waals surface area contributed by atoms with Crippen LogP contribution in [0, 0.1) is 0 Å². The molecule has 0 aromatic heterocycles. The predicted octanol–water partition coefficient (Wildman–Crippen LogP) is 6.21. The van der Waals surface area contributed by atoms with Gasteiger partial charge in [-0.3, -0.25) is 4.79 Å². The third kappa shape index (κ3) is 5.06. The molecule has 2 atom stereocenters. The summed E-state index contributed by atoms with van der Waals surface area (Å²) in [4.78, 5) is 13.0. The van der Waals surface area contributed by atoms with E-state index in [0.29, 0.717) is 11.8 Å². The van der Waals surface area contributed by atoms with E-state index in [1.807, 2.05) is 18.2 Å². The maximum absolute atomic E-state index is 13.0. The molecule has 0 bridgehead atoms. The molecule has 2 saturated carbocycles. The van der Waals surface area contributed by atoms with Gasteiger partial charge in [-0.2, -0.15) is 0 Å². The fourth-order valence-electron chi connectivity index (χ4n) is 5.38. The molecule has 0 unspecified atom stereocenters. The summed E-state index contributed by atoms with van der Waals surface area (Å²) in [7, 11) is 3.32. The minimum Gasteiger partial charge on any atom is -0.493 e. The quantitative estimate of drug-likeness (QED) is 0.603. The normalized spacial score (nSPS) is 22.0. The Bertz CT molecular complexity index is 871. The zero-order chi connectivity index (χ0) is 21.6. The molecule has 2 aliphatic rings. The minimum atomic E-state index is 0.0348. The molecule has 1 N–H and O–H groups in total. The standard InChI is InChI=1S/C27H35NO3/c1-30-25-17-16-22(18-26(25)31-2)23-10-6-7-11-24(23)28-27(29)21-14-12-20(13-15-21)19-8-4-3-5-9-19/h12-19,23-24H,3-11H2,1-2H3,(H,28,29)/t23-,24-/m1/s1. The number of carbonyl (C=O) groups is 1. The molecule has 31 heavy (non-hydrogen) atoms. The van der Waals surface area contributed by atoms with Gasteiger partial charge < -0.3 is 14.8 Å².